The normalized spacial score (nSPS) is 18.1. The maximum atomic E-state index is 13.5. The second kappa shape index (κ2) is 7.92. The van der Waals surface area contributed by atoms with Crippen molar-refractivity contribution in [2.24, 2.45) is 7.05 Å². The lowest BCUT2D eigenvalue weighted by Gasteiger charge is -2.28. The molecule has 0 spiro atoms. The highest BCUT2D eigenvalue weighted by Gasteiger charge is 2.30. The van der Waals surface area contributed by atoms with E-state index in [0.29, 0.717) is 6.54 Å². The van der Waals surface area contributed by atoms with Crippen LogP contribution in [0.15, 0.2) is 28.7 Å². The summed E-state index contributed by atoms with van der Waals surface area (Å²) in [7, 11) is 1.92. The summed E-state index contributed by atoms with van der Waals surface area (Å²) >= 11 is 3.47. The lowest BCUT2D eigenvalue weighted by atomic mass is 9.97. The zero-order chi connectivity index (χ0) is 18.8. The molecule has 1 fully saturated rings. The topological polar surface area (TPSA) is 47.4 Å². The van der Waals surface area contributed by atoms with Crippen molar-refractivity contribution in [2.75, 3.05) is 18.1 Å². The molecule has 1 aromatic heterocycles. The van der Waals surface area contributed by atoms with Crippen molar-refractivity contribution in [2.45, 2.75) is 45.6 Å². The number of rotatable bonds is 5. The van der Waals surface area contributed by atoms with E-state index < -0.39 is 0 Å². The van der Waals surface area contributed by atoms with Crippen LogP contribution in [-0.4, -0.2) is 34.9 Å². The molecular weight excluding hydrogens is 394 g/mol. The number of nitrogens with zero attached hydrogens (tertiary/aromatic N) is 3. The molecule has 0 saturated carbocycles. The van der Waals surface area contributed by atoms with Crippen molar-refractivity contribution in [3.63, 3.8) is 0 Å². The van der Waals surface area contributed by atoms with Gasteiger partial charge in [-0.1, -0.05) is 15.9 Å². The van der Waals surface area contributed by atoms with Gasteiger partial charge in [0.15, 0.2) is 0 Å². The average Bonchev–Trinajstić information content (AvgIpc) is 3.21. The Hall–Kier alpha value is -1.66. The summed E-state index contributed by atoms with van der Waals surface area (Å²) < 4.78 is 8.64. The smallest absolute Gasteiger partial charge is 0.234 e. The number of carbonyl (C=O) groups is 1. The third kappa shape index (κ3) is 3.86. The number of amides is 1. The van der Waals surface area contributed by atoms with E-state index in [2.05, 4.69) is 21.0 Å². The van der Waals surface area contributed by atoms with Gasteiger partial charge in [0.25, 0.3) is 0 Å². The fourth-order valence-corrected chi connectivity index (χ4v) is 3.97. The standard InChI is InChI=1S/C20H26BrN3O2/c1-13(19-14(2)22-23(4)15(19)3)20(25)24(12-18-6-5-11-26-18)17-9-7-16(21)8-10-17/h7-10,13,18H,5-6,11-12H2,1-4H3/t13-,18-/m1/s1. The fraction of sp³-hybridized carbons (Fsp3) is 0.500. The second-order valence-electron chi connectivity index (χ2n) is 6.99. The molecular formula is C20H26BrN3O2. The molecule has 3 rings (SSSR count). The molecule has 140 valence electrons. The number of hydrogen-bond acceptors (Lipinski definition) is 3. The quantitative estimate of drug-likeness (QED) is 0.732. The predicted octanol–water partition coefficient (Wildman–Crippen LogP) is 4.12. The number of anilines is 1. The van der Waals surface area contributed by atoms with E-state index in [0.717, 1.165) is 46.6 Å². The van der Waals surface area contributed by atoms with Crippen LogP contribution in [0.3, 0.4) is 0 Å². The molecule has 0 aliphatic carbocycles. The third-order valence-corrected chi connectivity index (χ3v) is 5.71. The first-order valence-corrected chi connectivity index (χ1v) is 9.86. The molecule has 1 saturated heterocycles. The number of halogens is 1. The van der Waals surface area contributed by atoms with Gasteiger partial charge in [-0.25, -0.2) is 0 Å². The summed E-state index contributed by atoms with van der Waals surface area (Å²) in [6.45, 7) is 7.33. The van der Waals surface area contributed by atoms with Gasteiger partial charge in [-0.3, -0.25) is 9.48 Å². The summed E-state index contributed by atoms with van der Waals surface area (Å²) in [6, 6.07) is 7.89. The van der Waals surface area contributed by atoms with E-state index in [-0.39, 0.29) is 17.9 Å². The summed E-state index contributed by atoms with van der Waals surface area (Å²) in [4.78, 5) is 15.3. The van der Waals surface area contributed by atoms with Crippen LogP contribution in [-0.2, 0) is 16.6 Å². The monoisotopic (exact) mass is 419 g/mol. The van der Waals surface area contributed by atoms with E-state index in [1.807, 2.05) is 61.7 Å². The highest BCUT2D eigenvalue weighted by Crippen LogP contribution is 2.29. The van der Waals surface area contributed by atoms with Crippen LogP contribution in [0, 0.1) is 13.8 Å². The van der Waals surface area contributed by atoms with Crippen molar-refractivity contribution in [3.05, 3.63) is 45.7 Å². The summed E-state index contributed by atoms with van der Waals surface area (Å²) in [5, 5.41) is 4.48. The zero-order valence-electron chi connectivity index (χ0n) is 15.8. The molecule has 1 aliphatic heterocycles. The van der Waals surface area contributed by atoms with E-state index >= 15 is 0 Å². The van der Waals surface area contributed by atoms with Crippen molar-refractivity contribution in [1.82, 2.24) is 9.78 Å². The van der Waals surface area contributed by atoms with E-state index in [1.165, 1.54) is 0 Å². The van der Waals surface area contributed by atoms with Gasteiger partial charge in [-0.2, -0.15) is 5.10 Å². The van der Waals surface area contributed by atoms with Crippen LogP contribution >= 0.6 is 15.9 Å². The minimum absolute atomic E-state index is 0.0852. The van der Waals surface area contributed by atoms with Crippen molar-refractivity contribution in [1.29, 1.82) is 0 Å². The molecule has 2 atom stereocenters. The first kappa shape index (κ1) is 19.1. The Bertz CT molecular complexity index is 779. The zero-order valence-corrected chi connectivity index (χ0v) is 17.4. The fourth-order valence-electron chi connectivity index (χ4n) is 3.71. The first-order chi connectivity index (χ1) is 12.4. The molecule has 0 unspecified atom stereocenters. The molecule has 0 N–H and O–H groups in total. The number of benzene rings is 1. The van der Waals surface area contributed by atoms with Crippen molar-refractivity contribution < 1.29 is 9.53 Å². The van der Waals surface area contributed by atoms with Crippen LogP contribution in [0.1, 0.15) is 42.6 Å². The highest BCUT2D eigenvalue weighted by molar-refractivity contribution is 9.10. The molecule has 5 nitrogen and oxygen atoms in total. The molecule has 1 aromatic carbocycles. The Labute approximate surface area is 163 Å². The Balaban J connectivity index is 1.91. The second-order valence-corrected chi connectivity index (χ2v) is 7.91. The van der Waals surface area contributed by atoms with Crippen LogP contribution in [0.4, 0.5) is 5.69 Å². The van der Waals surface area contributed by atoms with E-state index in [4.69, 9.17) is 4.74 Å². The van der Waals surface area contributed by atoms with Crippen LogP contribution < -0.4 is 4.90 Å². The van der Waals surface area contributed by atoms with Crippen molar-refractivity contribution in [3.8, 4) is 0 Å². The van der Waals surface area contributed by atoms with Gasteiger partial charge in [-0.05, 0) is 57.9 Å². The largest absolute Gasteiger partial charge is 0.376 e. The van der Waals surface area contributed by atoms with Gasteiger partial charge in [0.05, 0.1) is 24.3 Å². The average molecular weight is 420 g/mol. The molecule has 1 aliphatic rings. The van der Waals surface area contributed by atoms with Gasteiger partial charge in [0.2, 0.25) is 5.91 Å². The van der Waals surface area contributed by atoms with Crippen LogP contribution in [0.2, 0.25) is 0 Å². The third-order valence-electron chi connectivity index (χ3n) is 5.18. The minimum Gasteiger partial charge on any atom is -0.376 e. The molecule has 0 bridgehead atoms. The first-order valence-electron chi connectivity index (χ1n) is 9.07. The van der Waals surface area contributed by atoms with Crippen LogP contribution in [0.25, 0.3) is 0 Å². The van der Waals surface area contributed by atoms with Gasteiger partial charge < -0.3 is 9.64 Å². The van der Waals surface area contributed by atoms with Crippen molar-refractivity contribution >= 4 is 27.5 Å². The Morgan fingerprint density at radius 3 is 2.62 bits per heavy atom. The maximum Gasteiger partial charge on any atom is 0.234 e. The Morgan fingerprint density at radius 1 is 1.38 bits per heavy atom. The number of aromatic nitrogens is 2. The highest BCUT2D eigenvalue weighted by atomic mass is 79.9. The Morgan fingerprint density at radius 2 is 2.08 bits per heavy atom. The van der Waals surface area contributed by atoms with Crippen LogP contribution in [0.5, 0.6) is 0 Å². The summed E-state index contributed by atoms with van der Waals surface area (Å²) in [5.74, 6) is -0.171. The van der Waals surface area contributed by atoms with Gasteiger partial charge in [-0.15, -0.1) is 0 Å². The molecule has 1 amide bonds. The molecule has 2 aromatic rings. The summed E-state index contributed by atoms with van der Waals surface area (Å²) in [6.07, 6.45) is 2.16. The lowest BCUT2D eigenvalue weighted by Crippen LogP contribution is -2.40. The van der Waals surface area contributed by atoms with E-state index in [1.54, 1.807) is 0 Å². The molecule has 6 heteroatoms. The predicted molar refractivity (Wildman–Crippen MR) is 107 cm³/mol. The molecule has 26 heavy (non-hydrogen) atoms. The van der Waals surface area contributed by atoms with Gasteiger partial charge in [0, 0.05) is 35.1 Å². The number of ether oxygens (including phenoxy) is 1. The Kier molecular flexibility index (Phi) is 5.82. The van der Waals surface area contributed by atoms with Gasteiger partial charge >= 0.3 is 0 Å². The minimum atomic E-state index is -0.256. The molecule has 0 radical (unpaired) electrons. The van der Waals surface area contributed by atoms with E-state index in [9.17, 15) is 4.79 Å². The number of aryl methyl sites for hydroxylation is 2. The number of carbonyl (C=O) groups excluding carboxylic acids is 1. The lowest BCUT2D eigenvalue weighted by molar-refractivity contribution is -0.120. The maximum absolute atomic E-state index is 13.5. The SMILES string of the molecule is Cc1nn(C)c(C)c1[C@@H](C)C(=O)N(C[C@H]1CCCO1)c1ccc(Br)cc1. The molecule has 2 heterocycles. The van der Waals surface area contributed by atoms with Gasteiger partial charge in [0.1, 0.15) is 0 Å². The summed E-state index contributed by atoms with van der Waals surface area (Å²) in [5.41, 5.74) is 3.88. The number of hydrogen-bond donors (Lipinski definition) is 0.